The second kappa shape index (κ2) is 6.62. The fourth-order valence-corrected chi connectivity index (χ4v) is 4.77. The van der Waals surface area contributed by atoms with Crippen molar-refractivity contribution in [3.8, 4) is 0 Å². The molecule has 0 fully saturated rings. The zero-order valence-electron chi connectivity index (χ0n) is 12.1. The molecule has 0 aliphatic heterocycles. The van der Waals surface area contributed by atoms with E-state index >= 15 is 0 Å². The van der Waals surface area contributed by atoms with Crippen LogP contribution in [0.2, 0.25) is 0 Å². The van der Waals surface area contributed by atoms with Gasteiger partial charge in [-0.1, -0.05) is 6.08 Å². The van der Waals surface area contributed by atoms with Crippen LogP contribution in [0.1, 0.15) is 33.6 Å². The molecule has 0 spiro atoms. The van der Waals surface area contributed by atoms with Crippen molar-refractivity contribution in [1.29, 1.82) is 0 Å². The van der Waals surface area contributed by atoms with Crippen LogP contribution in [-0.4, -0.2) is 31.7 Å². The van der Waals surface area contributed by atoms with Crippen molar-refractivity contribution in [2.45, 2.75) is 25.7 Å². The van der Waals surface area contributed by atoms with Gasteiger partial charge in [0.15, 0.2) is 9.84 Å². The van der Waals surface area contributed by atoms with Crippen molar-refractivity contribution in [2.75, 3.05) is 16.8 Å². The van der Waals surface area contributed by atoms with E-state index in [9.17, 15) is 18.0 Å². The van der Waals surface area contributed by atoms with E-state index < -0.39 is 27.4 Å². The third kappa shape index (κ3) is 3.75. The van der Waals surface area contributed by atoms with Crippen molar-refractivity contribution < 1.29 is 18.0 Å². The van der Waals surface area contributed by atoms with Crippen LogP contribution >= 0.6 is 11.3 Å². The Balaban J connectivity index is 2.22. The summed E-state index contributed by atoms with van der Waals surface area (Å²) in [6, 6.07) is 0. The lowest BCUT2D eigenvalue weighted by Gasteiger charge is -2.11. The maximum atomic E-state index is 11.9. The van der Waals surface area contributed by atoms with Gasteiger partial charge in [0, 0.05) is 4.88 Å². The minimum absolute atomic E-state index is 0.260. The highest BCUT2D eigenvalue weighted by Crippen LogP contribution is 2.37. The SMILES string of the molecule is C=CCS(=O)(=O)CC(=O)Nc1sc2c(c1C(N)=O)CCCC2. The fraction of sp³-hybridized carbons (Fsp3) is 0.429. The molecule has 1 aromatic rings. The average Bonchev–Trinajstić information content (AvgIpc) is 2.74. The third-order valence-corrected chi connectivity index (χ3v) is 6.05. The van der Waals surface area contributed by atoms with Crippen molar-refractivity contribution in [2.24, 2.45) is 5.73 Å². The first-order chi connectivity index (χ1) is 10.3. The number of aryl methyl sites for hydroxylation is 1. The normalized spacial score (nSPS) is 14.2. The molecule has 22 heavy (non-hydrogen) atoms. The van der Waals surface area contributed by atoms with E-state index in [1.54, 1.807) is 0 Å². The molecule has 120 valence electrons. The van der Waals surface area contributed by atoms with Crippen LogP contribution in [0.25, 0.3) is 0 Å². The van der Waals surface area contributed by atoms with E-state index in [2.05, 4.69) is 11.9 Å². The predicted octanol–water partition coefficient (Wildman–Crippen LogP) is 1.27. The molecule has 1 aromatic heterocycles. The number of thiophene rings is 1. The van der Waals surface area contributed by atoms with Gasteiger partial charge >= 0.3 is 0 Å². The highest BCUT2D eigenvalue weighted by Gasteiger charge is 2.25. The number of hydrogen-bond donors (Lipinski definition) is 2. The second-order valence-corrected chi connectivity index (χ2v) is 8.39. The number of rotatable bonds is 6. The van der Waals surface area contributed by atoms with Crippen LogP contribution < -0.4 is 11.1 Å². The Morgan fingerprint density at radius 2 is 2.00 bits per heavy atom. The summed E-state index contributed by atoms with van der Waals surface area (Å²) in [7, 11) is -3.53. The minimum atomic E-state index is -3.53. The zero-order valence-corrected chi connectivity index (χ0v) is 13.7. The van der Waals surface area contributed by atoms with Crippen molar-refractivity contribution in [3.63, 3.8) is 0 Å². The van der Waals surface area contributed by atoms with Gasteiger partial charge < -0.3 is 11.1 Å². The number of carbonyl (C=O) groups is 2. The Kier molecular flexibility index (Phi) is 5.02. The lowest BCUT2D eigenvalue weighted by atomic mass is 9.95. The summed E-state index contributed by atoms with van der Waals surface area (Å²) in [6.45, 7) is 3.35. The van der Waals surface area contributed by atoms with Gasteiger partial charge in [0.1, 0.15) is 10.8 Å². The minimum Gasteiger partial charge on any atom is -0.365 e. The van der Waals surface area contributed by atoms with Crippen LogP contribution in [0.5, 0.6) is 0 Å². The highest BCUT2D eigenvalue weighted by atomic mass is 32.2. The summed E-state index contributed by atoms with van der Waals surface area (Å²) in [6.07, 6.45) is 4.86. The van der Waals surface area contributed by atoms with Crippen molar-refractivity contribution in [3.05, 3.63) is 28.7 Å². The van der Waals surface area contributed by atoms with Gasteiger partial charge in [0.25, 0.3) is 5.91 Å². The Labute approximate surface area is 133 Å². The summed E-state index contributed by atoms with van der Waals surface area (Å²) in [5.74, 6) is -2.16. The Bertz CT molecular complexity index is 719. The van der Waals surface area contributed by atoms with E-state index in [0.717, 1.165) is 36.1 Å². The molecule has 0 bridgehead atoms. The van der Waals surface area contributed by atoms with Crippen LogP contribution in [0.15, 0.2) is 12.7 Å². The first kappa shape index (κ1) is 16.7. The molecule has 2 amide bonds. The van der Waals surface area contributed by atoms with Gasteiger partial charge in [-0.05, 0) is 31.2 Å². The van der Waals surface area contributed by atoms with Crippen LogP contribution in [-0.2, 0) is 27.5 Å². The summed E-state index contributed by atoms with van der Waals surface area (Å²) >= 11 is 1.31. The molecule has 0 atom stereocenters. The molecule has 0 radical (unpaired) electrons. The summed E-state index contributed by atoms with van der Waals surface area (Å²) < 4.78 is 23.2. The molecule has 2 rings (SSSR count). The number of fused-ring (bicyclic) bond motifs is 1. The number of anilines is 1. The number of carbonyl (C=O) groups excluding carboxylic acids is 2. The largest absolute Gasteiger partial charge is 0.365 e. The Morgan fingerprint density at radius 3 is 2.64 bits per heavy atom. The lowest BCUT2D eigenvalue weighted by molar-refractivity contribution is -0.113. The third-order valence-electron chi connectivity index (χ3n) is 3.39. The lowest BCUT2D eigenvalue weighted by Crippen LogP contribution is -2.25. The van der Waals surface area contributed by atoms with Crippen LogP contribution in [0.4, 0.5) is 5.00 Å². The Morgan fingerprint density at radius 1 is 1.32 bits per heavy atom. The van der Waals surface area contributed by atoms with Gasteiger partial charge in [-0.3, -0.25) is 9.59 Å². The maximum Gasteiger partial charge on any atom is 0.251 e. The molecule has 1 heterocycles. The van der Waals surface area contributed by atoms with Crippen LogP contribution in [0.3, 0.4) is 0 Å². The molecular formula is C14H18N2O4S2. The first-order valence-electron chi connectivity index (χ1n) is 6.89. The molecule has 3 N–H and O–H groups in total. The van der Waals surface area contributed by atoms with Gasteiger partial charge in [0.05, 0.1) is 11.3 Å². The molecule has 0 saturated heterocycles. The van der Waals surface area contributed by atoms with E-state index in [1.807, 2.05) is 0 Å². The average molecular weight is 342 g/mol. The molecular weight excluding hydrogens is 324 g/mol. The summed E-state index contributed by atoms with van der Waals surface area (Å²) in [5, 5.41) is 2.89. The first-order valence-corrected chi connectivity index (χ1v) is 9.53. The number of nitrogens with two attached hydrogens (primary N) is 1. The number of amides is 2. The zero-order chi connectivity index (χ0) is 16.3. The predicted molar refractivity (Wildman–Crippen MR) is 87.0 cm³/mol. The monoisotopic (exact) mass is 342 g/mol. The van der Waals surface area contributed by atoms with Crippen molar-refractivity contribution in [1.82, 2.24) is 0 Å². The van der Waals surface area contributed by atoms with Gasteiger partial charge in [-0.15, -0.1) is 17.9 Å². The standard InChI is InChI=1S/C14H18N2O4S2/c1-2-7-22(19,20)8-11(17)16-14-12(13(15)18)9-5-3-4-6-10(9)21-14/h2H,1,3-8H2,(H2,15,18)(H,16,17). The van der Waals surface area contributed by atoms with E-state index in [4.69, 9.17) is 5.73 Å². The topological polar surface area (TPSA) is 106 Å². The molecule has 0 unspecified atom stereocenters. The van der Waals surface area contributed by atoms with Crippen molar-refractivity contribution >= 4 is 38.0 Å². The second-order valence-electron chi connectivity index (χ2n) is 5.17. The molecule has 6 nitrogen and oxygen atoms in total. The molecule has 0 aromatic carbocycles. The van der Waals surface area contributed by atoms with Gasteiger partial charge in [-0.2, -0.15) is 0 Å². The molecule has 1 aliphatic carbocycles. The fourth-order valence-electron chi connectivity index (χ4n) is 2.52. The van der Waals surface area contributed by atoms with E-state index in [-0.39, 0.29) is 5.75 Å². The highest BCUT2D eigenvalue weighted by molar-refractivity contribution is 7.92. The van der Waals surface area contributed by atoms with Crippen LogP contribution in [0, 0.1) is 0 Å². The summed E-state index contributed by atoms with van der Waals surface area (Å²) in [4.78, 5) is 24.6. The smallest absolute Gasteiger partial charge is 0.251 e. The number of sulfone groups is 1. The van der Waals surface area contributed by atoms with Gasteiger partial charge in [0.2, 0.25) is 5.91 Å². The summed E-state index contributed by atoms with van der Waals surface area (Å²) in [5.41, 5.74) is 6.64. The van der Waals surface area contributed by atoms with Gasteiger partial charge in [-0.25, -0.2) is 8.42 Å². The van der Waals surface area contributed by atoms with E-state index in [1.165, 1.54) is 17.4 Å². The number of hydrogen-bond acceptors (Lipinski definition) is 5. The quantitative estimate of drug-likeness (QED) is 0.759. The Hall–Kier alpha value is -1.67. The number of primary amides is 1. The molecule has 8 heteroatoms. The maximum absolute atomic E-state index is 11.9. The molecule has 1 aliphatic rings. The number of nitrogens with one attached hydrogen (secondary N) is 1. The van der Waals surface area contributed by atoms with E-state index in [0.29, 0.717) is 10.6 Å². The molecule has 0 saturated carbocycles.